The number of anilines is 1. The minimum absolute atomic E-state index is 0.308. The second-order valence-electron chi connectivity index (χ2n) is 5.74. The molecule has 0 aromatic carbocycles. The molecular formula is C13H22N4O. The van der Waals surface area contributed by atoms with Gasteiger partial charge in [0.2, 0.25) is 5.95 Å². The molecule has 5 heteroatoms. The molecule has 0 bridgehead atoms. The Kier molecular flexibility index (Phi) is 3.01. The monoisotopic (exact) mass is 250 g/mol. The highest BCUT2D eigenvalue weighted by Gasteiger charge is 2.35. The Morgan fingerprint density at radius 2 is 2.17 bits per heavy atom. The van der Waals surface area contributed by atoms with E-state index in [0.29, 0.717) is 24.2 Å². The molecule has 3 atom stereocenters. The maximum atomic E-state index is 6.01. The van der Waals surface area contributed by atoms with Crippen LogP contribution >= 0.6 is 0 Å². The lowest BCUT2D eigenvalue weighted by atomic mass is 10.0. The van der Waals surface area contributed by atoms with Crippen LogP contribution in [0.25, 0.3) is 0 Å². The van der Waals surface area contributed by atoms with Crippen LogP contribution in [-0.2, 0) is 4.74 Å². The number of nitrogens with zero attached hydrogens (tertiary/aromatic N) is 3. The van der Waals surface area contributed by atoms with Gasteiger partial charge in [-0.15, -0.1) is 0 Å². The summed E-state index contributed by atoms with van der Waals surface area (Å²) in [6.07, 6.45) is 4.08. The average Bonchev–Trinajstić information content (AvgIpc) is 2.94. The summed E-state index contributed by atoms with van der Waals surface area (Å²) in [5.74, 6) is 2.21. The predicted molar refractivity (Wildman–Crippen MR) is 69.8 cm³/mol. The summed E-state index contributed by atoms with van der Waals surface area (Å²) in [5.41, 5.74) is 0. The van der Waals surface area contributed by atoms with Crippen molar-refractivity contribution in [1.29, 1.82) is 0 Å². The lowest BCUT2D eigenvalue weighted by Crippen LogP contribution is -2.32. The summed E-state index contributed by atoms with van der Waals surface area (Å²) in [4.78, 5) is 4.58. The molecule has 1 saturated heterocycles. The van der Waals surface area contributed by atoms with E-state index in [9.17, 15) is 0 Å². The zero-order valence-corrected chi connectivity index (χ0v) is 11.4. The summed E-state index contributed by atoms with van der Waals surface area (Å²) in [6, 6.07) is 0.353. The third kappa shape index (κ3) is 2.00. The molecular weight excluding hydrogens is 228 g/mol. The van der Waals surface area contributed by atoms with Crippen molar-refractivity contribution in [2.45, 2.75) is 64.2 Å². The van der Waals surface area contributed by atoms with Gasteiger partial charge in [-0.1, -0.05) is 13.8 Å². The molecule has 3 rings (SSSR count). The molecule has 0 radical (unpaired) electrons. The van der Waals surface area contributed by atoms with Crippen LogP contribution in [0.15, 0.2) is 0 Å². The van der Waals surface area contributed by atoms with E-state index in [2.05, 4.69) is 40.9 Å². The van der Waals surface area contributed by atoms with Gasteiger partial charge in [-0.3, -0.25) is 0 Å². The number of nitrogens with one attached hydrogen (secondary N) is 1. The fourth-order valence-electron chi connectivity index (χ4n) is 2.85. The van der Waals surface area contributed by atoms with Crippen molar-refractivity contribution in [1.82, 2.24) is 14.8 Å². The SMILES string of the molecule is CC1CCC(C2CCNc3nc(C(C)C)nn32)O1. The van der Waals surface area contributed by atoms with Crippen LogP contribution in [0.3, 0.4) is 0 Å². The lowest BCUT2D eigenvalue weighted by Gasteiger charge is -2.28. The van der Waals surface area contributed by atoms with Crippen LogP contribution < -0.4 is 5.32 Å². The van der Waals surface area contributed by atoms with Crippen molar-refractivity contribution in [3.05, 3.63) is 5.82 Å². The molecule has 1 aromatic rings. The van der Waals surface area contributed by atoms with Gasteiger partial charge in [0.05, 0.1) is 18.2 Å². The zero-order chi connectivity index (χ0) is 12.7. The number of hydrogen-bond acceptors (Lipinski definition) is 4. The second-order valence-corrected chi connectivity index (χ2v) is 5.74. The lowest BCUT2D eigenvalue weighted by molar-refractivity contribution is 0.0171. The Labute approximate surface area is 108 Å². The van der Waals surface area contributed by atoms with E-state index in [1.54, 1.807) is 0 Å². The van der Waals surface area contributed by atoms with Crippen LogP contribution in [0.1, 0.15) is 57.8 Å². The maximum absolute atomic E-state index is 6.01. The van der Waals surface area contributed by atoms with E-state index in [0.717, 1.165) is 37.6 Å². The van der Waals surface area contributed by atoms with Crippen molar-refractivity contribution < 1.29 is 4.74 Å². The summed E-state index contributed by atoms with van der Waals surface area (Å²) < 4.78 is 8.07. The van der Waals surface area contributed by atoms with Crippen LogP contribution in [-0.4, -0.2) is 33.5 Å². The van der Waals surface area contributed by atoms with Gasteiger partial charge >= 0.3 is 0 Å². The first kappa shape index (κ1) is 12.0. The average molecular weight is 250 g/mol. The quantitative estimate of drug-likeness (QED) is 0.875. The first-order chi connectivity index (χ1) is 8.65. The molecule has 18 heavy (non-hydrogen) atoms. The van der Waals surface area contributed by atoms with Crippen LogP contribution in [0.5, 0.6) is 0 Å². The molecule has 1 N–H and O–H groups in total. The highest BCUT2D eigenvalue weighted by Crippen LogP contribution is 2.34. The molecule has 1 fully saturated rings. The van der Waals surface area contributed by atoms with Crippen molar-refractivity contribution in [3.8, 4) is 0 Å². The van der Waals surface area contributed by atoms with Crippen LogP contribution in [0, 0.1) is 0 Å². The van der Waals surface area contributed by atoms with E-state index < -0.39 is 0 Å². The van der Waals surface area contributed by atoms with Crippen molar-refractivity contribution in [3.63, 3.8) is 0 Å². The molecule has 100 valence electrons. The van der Waals surface area contributed by atoms with E-state index in [-0.39, 0.29) is 0 Å². The van der Waals surface area contributed by atoms with Gasteiger partial charge in [-0.2, -0.15) is 10.1 Å². The van der Waals surface area contributed by atoms with E-state index in [1.807, 2.05) is 0 Å². The summed E-state index contributed by atoms with van der Waals surface area (Å²) >= 11 is 0. The molecule has 1 aromatic heterocycles. The summed E-state index contributed by atoms with van der Waals surface area (Å²) in [6.45, 7) is 7.38. The second kappa shape index (κ2) is 4.53. The molecule has 0 spiro atoms. The minimum Gasteiger partial charge on any atom is -0.373 e. The van der Waals surface area contributed by atoms with Gasteiger partial charge in [-0.05, 0) is 26.2 Å². The Morgan fingerprint density at radius 3 is 2.83 bits per heavy atom. The Bertz CT molecular complexity index is 429. The normalized spacial score (nSPS) is 31.4. The molecule has 5 nitrogen and oxygen atoms in total. The number of hydrogen-bond donors (Lipinski definition) is 1. The Morgan fingerprint density at radius 1 is 1.33 bits per heavy atom. The van der Waals surface area contributed by atoms with Gasteiger partial charge in [-0.25, -0.2) is 4.68 Å². The van der Waals surface area contributed by atoms with E-state index >= 15 is 0 Å². The van der Waals surface area contributed by atoms with Crippen LogP contribution in [0.4, 0.5) is 5.95 Å². The van der Waals surface area contributed by atoms with Crippen molar-refractivity contribution >= 4 is 5.95 Å². The van der Waals surface area contributed by atoms with Crippen LogP contribution in [0.2, 0.25) is 0 Å². The first-order valence-corrected chi connectivity index (χ1v) is 7.01. The third-order valence-electron chi connectivity index (χ3n) is 3.90. The molecule has 0 amide bonds. The van der Waals surface area contributed by atoms with Gasteiger partial charge in [0.1, 0.15) is 0 Å². The largest absolute Gasteiger partial charge is 0.373 e. The Hall–Kier alpha value is -1.10. The summed E-state index contributed by atoms with van der Waals surface area (Å²) in [7, 11) is 0. The fraction of sp³-hybridized carbons (Fsp3) is 0.846. The van der Waals surface area contributed by atoms with Gasteiger partial charge < -0.3 is 10.1 Å². The summed E-state index contributed by atoms with van der Waals surface area (Å²) in [5, 5.41) is 8.00. The fourth-order valence-corrected chi connectivity index (χ4v) is 2.85. The minimum atomic E-state index is 0.308. The number of rotatable bonds is 2. The molecule has 0 saturated carbocycles. The third-order valence-corrected chi connectivity index (χ3v) is 3.90. The van der Waals surface area contributed by atoms with Crippen molar-refractivity contribution in [2.24, 2.45) is 0 Å². The smallest absolute Gasteiger partial charge is 0.221 e. The molecule has 0 aliphatic carbocycles. The van der Waals surface area contributed by atoms with E-state index in [1.165, 1.54) is 0 Å². The van der Waals surface area contributed by atoms with Crippen molar-refractivity contribution in [2.75, 3.05) is 11.9 Å². The highest BCUT2D eigenvalue weighted by molar-refractivity contribution is 5.29. The molecule has 2 aliphatic rings. The zero-order valence-electron chi connectivity index (χ0n) is 11.4. The molecule has 2 aliphatic heterocycles. The predicted octanol–water partition coefficient (Wildman–Crippen LogP) is 2.33. The topological polar surface area (TPSA) is 52.0 Å². The highest BCUT2D eigenvalue weighted by atomic mass is 16.5. The molecule has 3 unspecified atom stereocenters. The standard InChI is InChI=1S/C13H22N4O/c1-8(2)12-15-13-14-7-6-10(17(13)16-12)11-5-4-9(3)18-11/h8-11H,4-7H2,1-3H3,(H,14,15,16). The van der Waals surface area contributed by atoms with Gasteiger partial charge in [0.25, 0.3) is 0 Å². The van der Waals surface area contributed by atoms with E-state index in [4.69, 9.17) is 4.74 Å². The van der Waals surface area contributed by atoms with Gasteiger partial charge in [0, 0.05) is 12.5 Å². The van der Waals surface area contributed by atoms with Gasteiger partial charge in [0.15, 0.2) is 5.82 Å². The first-order valence-electron chi connectivity index (χ1n) is 7.01. The molecule has 3 heterocycles. The Balaban J connectivity index is 1.87. The maximum Gasteiger partial charge on any atom is 0.221 e. The number of ether oxygens (including phenoxy) is 1. The number of aromatic nitrogens is 3. The number of fused-ring (bicyclic) bond motifs is 1.